The van der Waals surface area contributed by atoms with E-state index in [9.17, 15) is 14.4 Å². The molecule has 2 heterocycles. The minimum absolute atomic E-state index is 0.116. The number of fused-ring (bicyclic) bond motifs is 1. The summed E-state index contributed by atoms with van der Waals surface area (Å²) in [5.41, 5.74) is 2.94. The van der Waals surface area contributed by atoms with Crippen molar-refractivity contribution in [3.8, 4) is 0 Å². The lowest BCUT2D eigenvalue weighted by molar-refractivity contribution is -0.146. The summed E-state index contributed by atoms with van der Waals surface area (Å²) in [6, 6.07) is 16.3. The van der Waals surface area contributed by atoms with Gasteiger partial charge in [0.15, 0.2) is 0 Å². The van der Waals surface area contributed by atoms with E-state index in [0.717, 1.165) is 28.5 Å². The predicted octanol–water partition coefficient (Wildman–Crippen LogP) is 3.34. The first-order valence-electron chi connectivity index (χ1n) is 11.6. The van der Waals surface area contributed by atoms with E-state index in [1.807, 2.05) is 66.9 Å². The van der Waals surface area contributed by atoms with E-state index in [1.165, 1.54) is 11.8 Å². The average molecular weight is 459 g/mol. The Bertz CT molecular complexity index is 1200. The van der Waals surface area contributed by atoms with Crippen molar-refractivity contribution in [3.05, 3.63) is 78.1 Å². The maximum Gasteiger partial charge on any atom is 0.247 e. The number of rotatable bonds is 7. The number of aromatic amines is 1. The Kier molecular flexibility index (Phi) is 7.11. The van der Waals surface area contributed by atoms with Crippen molar-refractivity contribution in [2.24, 2.45) is 0 Å². The Hall–Kier alpha value is -3.87. The van der Waals surface area contributed by atoms with Crippen LogP contribution in [0.15, 0.2) is 67.0 Å². The SMILES string of the molecule is CC(=O)N1CCCC1C(=O)N(C)C(Cc1ccccc1)C(=O)NC=Cc1c[nH]c2ccccc12. The second kappa shape index (κ2) is 10.4. The highest BCUT2D eigenvalue weighted by Gasteiger charge is 2.37. The van der Waals surface area contributed by atoms with Crippen molar-refractivity contribution < 1.29 is 14.4 Å². The minimum Gasteiger partial charge on any atom is -0.361 e. The fourth-order valence-corrected chi connectivity index (χ4v) is 4.57. The van der Waals surface area contributed by atoms with Gasteiger partial charge in [0.05, 0.1) is 0 Å². The predicted molar refractivity (Wildman–Crippen MR) is 133 cm³/mol. The van der Waals surface area contributed by atoms with E-state index < -0.39 is 12.1 Å². The van der Waals surface area contributed by atoms with Gasteiger partial charge in [0.1, 0.15) is 12.1 Å². The highest BCUT2D eigenvalue weighted by Crippen LogP contribution is 2.21. The van der Waals surface area contributed by atoms with Crippen LogP contribution in [0.5, 0.6) is 0 Å². The van der Waals surface area contributed by atoms with Crippen LogP contribution in [0, 0.1) is 0 Å². The number of carbonyl (C=O) groups excluding carboxylic acids is 3. The first-order chi connectivity index (χ1) is 16.5. The van der Waals surface area contributed by atoms with Crippen LogP contribution in [-0.4, -0.2) is 58.2 Å². The first kappa shape index (κ1) is 23.3. The number of para-hydroxylation sites is 1. The zero-order valence-corrected chi connectivity index (χ0v) is 19.5. The standard InChI is InChI=1S/C27H30N4O3/c1-19(32)31-16-8-13-24(31)27(34)30(2)25(17-20-9-4-3-5-10-20)26(33)28-15-14-21-18-29-23-12-7-6-11-22(21)23/h3-7,9-12,14-15,18,24-25,29H,8,13,16-17H2,1-2H3,(H,28,33). The lowest BCUT2D eigenvalue weighted by Crippen LogP contribution is -2.53. The molecule has 0 bridgehead atoms. The molecule has 2 atom stereocenters. The zero-order valence-electron chi connectivity index (χ0n) is 19.5. The van der Waals surface area contributed by atoms with Crippen LogP contribution in [0.1, 0.15) is 30.9 Å². The number of benzene rings is 2. The van der Waals surface area contributed by atoms with Gasteiger partial charge in [-0.2, -0.15) is 0 Å². The second-order valence-electron chi connectivity index (χ2n) is 8.66. The van der Waals surface area contributed by atoms with E-state index in [0.29, 0.717) is 19.4 Å². The van der Waals surface area contributed by atoms with Gasteiger partial charge in [0, 0.05) is 55.8 Å². The highest BCUT2D eigenvalue weighted by molar-refractivity contribution is 5.93. The molecule has 0 aliphatic carbocycles. The number of H-pyrrole nitrogens is 1. The molecule has 1 aromatic heterocycles. The number of nitrogens with zero attached hydrogens (tertiary/aromatic N) is 2. The number of amides is 3. The summed E-state index contributed by atoms with van der Waals surface area (Å²) >= 11 is 0. The minimum atomic E-state index is -0.711. The molecule has 176 valence electrons. The third-order valence-corrected chi connectivity index (χ3v) is 6.44. The fourth-order valence-electron chi connectivity index (χ4n) is 4.57. The Morgan fingerprint density at radius 1 is 1.15 bits per heavy atom. The molecule has 3 amide bonds. The number of hydrogen-bond donors (Lipinski definition) is 2. The Morgan fingerprint density at radius 2 is 1.88 bits per heavy atom. The second-order valence-corrected chi connectivity index (χ2v) is 8.66. The lowest BCUT2D eigenvalue weighted by atomic mass is 10.0. The third kappa shape index (κ3) is 5.03. The van der Waals surface area contributed by atoms with Crippen molar-refractivity contribution in [3.63, 3.8) is 0 Å². The molecule has 4 rings (SSSR count). The lowest BCUT2D eigenvalue weighted by Gasteiger charge is -2.32. The summed E-state index contributed by atoms with van der Waals surface area (Å²) < 4.78 is 0. The van der Waals surface area contributed by atoms with Gasteiger partial charge in [-0.05, 0) is 30.5 Å². The molecule has 1 aliphatic heterocycles. The molecule has 2 N–H and O–H groups in total. The van der Waals surface area contributed by atoms with Gasteiger partial charge in [-0.1, -0.05) is 48.5 Å². The molecule has 7 nitrogen and oxygen atoms in total. The maximum absolute atomic E-state index is 13.3. The van der Waals surface area contributed by atoms with Crippen molar-refractivity contribution in [1.29, 1.82) is 0 Å². The molecule has 0 saturated carbocycles. The number of carbonyl (C=O) groups is 3. The summed E-state index contributed by atoms with van der Waals surface area (Å²) in [5, 5.41) is 3.92. The zero-order chi connectivity index (χ0) is 24.1. The molecule has 7 heteroatoms. The van der Waals surface area contributed by atoms with E-state index >= 15 is 0 Å². The summed E-state index contributed by atoms with van der Waals surface area (Å²) in [7, 11) is 1.65. The van der Waals surface area contributed by atoms with Crippen LogP contribution >= 0.6 is 0 Å². The summed E-state index contributed by atoms with van der Waals surface area (Å²) in [6.07, 6.45) is 7.12. The normalized spacial score (nSPS) is 16.6. The van der Waals surface area contributed by atoms with Crippen molar-refractivity contribution in [1.82, 2.24) is 20.1 Å². The number of likely N-dealkylation sites (N-methyl/N-ethyl adjacent to an activating group) is 1. The molecule has 2 aromatic carbocycles. The molecule has 0 spiro atoms. The van der Waals surface area contributed by atoms with Crippen LogP contribution in [0.25, 0.3) is 17.0 Å². The van der Waals surface area contributed by atoms with Crippen molar-refractivity contribution in [2.45, 2.75) is 38.3 Å². The number of hydrogen-bond acceptors (Lipinski definition) is 3. The number of nitrogens with one attached hydrogen (secondary N) is 2. The Labute approximate surface area is 199 Å². The third-order valence-electron chi connectivity index (χ3n) is 6.44. The molecule has 34 heavy (non-hydrogen) atoms. The first-order valence-corrected chi connectivity index (χ1v) is 11.6. The van der Waals surface area contributed by atoms with Crippen LogP contribution in [0.3, 0.4) is 0 Å². The monoisotopic (exact) mass is 458 g/mol. The van der Waals surface area contributed by atoms with E-state index in [-0.39, 0.29) is 17.7 Å². The smallest absolute Gasteiger partial charge is 0.247 e. The van der Waals surface area contributed by atoms with E-state index in [1.54, 1.807) is 18.1 Å². The number of likely N-dealkylation sites (tertiary alicyclic amines) is 1. The largest absolute Gasteiger partial charge is 0.361 e. The molecule has 1 aliphatic rings. The Morgan fingerprint density at radius 3 is 2.65 bits per heavy atom. The Balaban J connectivity index is 1.52. The van der Waals surface area contributed by atoms with Gasteiger partial charge in [0.2, 0.25) is 17.7 Å². The van der Waals surface area contributed by atoms with Crippen molar-refractivity contribution in [2.75, 3.05) is 13.6 Å². The van der Waals surface area contributed by atoms with E-state index in [4.69, 9.17) is 0 Å². The van der Waals surface area contributed by atoms with Crippen LogP contribution < -0.4 is 5.32 Å². The number of aromatic nitrogens is 1. The van der Waals surface area contributed by atoms with Gasteiger partial charge >= 0.3 is 0 Å². The molecule has 3 aromatic rings. The molecular formula is C27H30N4O3. The molecular weight excluding hydrogens is 428 g/mol. The summed E-state index contributed by atoms with van der Waals surface area (Å²) in [4.78, 5) is 44.9. The van der Waals surface area contributed by atoms with Gasteiger partial charge in [-0.25, -0.2) is 0 Å². The van der Waals surface area contributed by atoms with Gasteiger partial charge < -0.3 is 20.1 Å². The van der Waals surface area contributed by atoms with Crippen LogP contribution in [0.4, 0.5) is 0 Å². The molecule has 1 saturated heterocycles. The van der Waals surface area contributed by atoms with Gasteiger partial charge in [-0.3, -0.25) is 14.4 Å². The molecule has 0 radical (unpaired) electrons. The summed E-state index contributed by atoms with van der Waals surface area (Å²) in [6.45, 7) is 2.05. The molecule has 2 unspecified atom stereocenters. The average Bonchev–Trinajstić information content (AvgIpc) is 3.50. The summed E-state index contributed by atoms with van der Waals surface area (Å²) in [5.74, 6) is -0.595. The van der Waals surface area contributed by atoms with Crippen LogP contribution in [-0.2, 0) is 20.8 Å². The van der Waals surface area contributed by atoms with Crippen molar-refractivity contribution >= 4 is 34.7 Å². The molecule has 1 fully saturated rings. The van der Waals surface area contributed by atoms with Gasteiger partial charge in [0.25, 0.3) is 0 Å². The van der Waals surface area contributed by atoms with E-state index in [2.05, 4.69) is 10.3 Å². The fraction of sp³-hybridized carbons (Fsp3) is 0.296. The quantitative estimate of drug-likeness (QED) is 0.570. The highest BCUT2D eigenvalue weighted by atomic mass is 16.2. The van der Waals surface area contributed by atoms with Gasteiger partial charge in [-0.15, -0.1) is 0 Å². The maximum atomic E-state index is 13.3. The topological polar surface area (TPSA) is 85.5 Å². The van der Waals surface area contributed by atoms with Crippen LogP contribution in [0.2, 0.25) is 0 Å².